The first-order chi connectivity index (χ1) is 14.9. The van der Waals surface area contributed by atoms with Gasteiger partial charge in [0.25, 0.3) is 5.56 Å². The van der Waals surface area contributed by atoms with Crippen LogP contribution in [0, 0.1) is 5.92 Å². The van der Waals surface area contributed by atoms with Gasteiger partial charge >= 0.3 is 0 Å². The number of carbonyl (C=O) groups excluding carboxylic acids is 1. The summed E-state index contributed by atoms with van der Waals surface area (Å²) in [5, 5.41) is 3.79. The highest BCUT2D eigenvalue weighted by molar-refractivity contribution is 7.22. The van der Waals surface area contributed by atoms with Gasteiger partial charge in [-0.15, -0.1) is 0 Å². The molecule has 0 atom stereocenters. The van der Waals surface area contributed by atoms with Crippen molar-refractivity contribution in [3.8, 4) is 5.75 Å². The normalized spacial score (nSPS) is 14.9. The number of nitrogens with zero attached hydrogens (tertiary/aromatic N) is 4. The summed E-state index contributed by atoms with van der Waals surface area (Å²) in [5.41, 5.74) is 1.35. The van der Waals surface area contributed by atoms with Crippen molar-refractivity contribution in [1.29, 1.82) is 0 Å². The lowest BCUT2D eigenvalue weighted by atomic mass is 9.96. The molecule has 1 amide bonds. The highest BCUT2D eigenvalue weighted by Gasteiger charge is 2.27. The number of hydrogen-bond donors (Lipinski definition) is 1. The summed E-state index contributed by atoms with van der Waals surface area (Å²) in [6.45, 7) is 5.86. The maximum Gasteiger partial charge on any atom is 0.273 e. The minimum atomic E-state index is -0.0947. The fourth-order valence-corrected chi connectivity index (χ4v) is 4.81. The second kappa shape index (κ2) is 9.05. The van der Waals surface area contributed by atoms with Crippen LogP contribution in [0.5, 0.6) is 5.75 Å². The Morgan fingerprint density at radius 2 is 2.10 bits per heavy atom. The number of aromatic nitrogens is 3. The Labute approximate surface area is 184 Å². The summed E-state index contributed by atoms with van der Waals surface area (Å²) in [6.07, 6.45) is 3.11. The van der Waals surface area contributed by atoms with E-state index in [1.807, 2.05) is 38.1 Å². The second-order valence-corrected chi connectivity index (χ2v) is 9.08. The molecule has 0 saturated carbocycles. The third-order valence-corrected chi connectivity index (χ3v) is 6.52. The van der Waals surface area contributed by atoms with Crippen LogP contribution in [-0.2, 0) is 11.3 Å². The van der Waals surface area contributed by atoms with E-state index < -0.39 is 0 Å². The highest BCUT2D eigenvalue weighted by Crippen LogP contribution is 2.29. The Morgan fingerprint density at radius 1 is 1.32 bits per heavy atom. The number of hydrogen-bond acceptors (Lipinski definition) is 7. The minimum Gasteiger partial charge on any atom is -0.497 e. The summed E-state index contributed by atoms with van der Waals surface area (Å²) in [7, 11) is 1.62. The van der Waals surface area contributed by atoms with Gasteiger partial charge in [0.2, 0.25) is 5.91 Å². The number of carbonyl (C=O) groups is 1. The zero-order valence-electron chi connectivity index (χ0n) is 18.0. The van der Waals surface area contributed by atoms with Gasteiger partial charge in [-0.2, -0.15) is 4.98 Å². The van der Waals surface area contributed by atoms with Crippen LogP contribution in [0.25, 0.3) is 10.3 Å². The van der Waals surface area contributed by atoms with E-state index in [-0.39, 0.29) is 23.4 Å². The minimum absolute atomic E-state index is 0.0336. The van der Waals surface area contributed by atoms with Gasteiger partial charge in [0.05, 0.1) is 13.7 Å². The molecular weight excluding hydrogens is 414 g/mol. The van der Waals surface area contributed by atoms with Crippen LogP contribution in [0.15, 0.2) is 35.4 Å². The zero-order chi connectivity index (χ0) is 22.0. The molecule has 2 aromatic heterocycles. The molecule has 3 aromatic rings. The van der Waals surface area contributed by atoms with Crippen molar-refractivity contribution in [1.82, 2.24) is 19.9 Å². The van der Waals surface area contributed by atoms with E-state index in [2.05, 4.69) is 20.2 Å². The van der Waals surface area contributed by atoms with E-state index in [1.165, 1.54) is 11.3 Å². The van der Waals surface area contributed by atoms with Crippen molar-refractivity contribution in [2.24, 2.45) is 5.92 Å². The fraction of sp³-hybridized carbons (Fsp3) is 0.455. The molecule has 0 spiro atoms. The van der Waals surface area contributed by atoms with Crippen LogP contribution in [0.2, 0.25) is 0 Å². The number of rotatable bonds is 6. The number of thiazole rings is 1. The second-order valence-electron chi connectivity index (χ2n) is 8.10. The topological polar surface area (TPSA) is 89.3 Å². The highest BCUT2D eigenvalue weighted by atomic mass is 32.1. The van der Waals surface area contributed by atoms with E-state index in [4.69, 9.17) is 4.74 Å². The molecule has 0 bridgehead atoms. The van der Waals surface area contributed by atoms with Gasteiger partial charge in [0, 0.05) is 25.0 Å². The lowest BCUT2D eigenvalue weighted by molar-refractivity contribution is -0.126. The van der Waals surface area contributed by atoms with Gasteiger partial charge in [0.1, 0.15) is 16.8 Å². The van der Waals surface area contributed by atoms with Gasteiger partial charge in [-0.3, -0.25) is 14.2 Å². The summed E-state index contributed by atoms with van der Waals surface area (Å²) in [6, 6.07) is 7.80. The summed E-state index contributed by atoms with van der Waals surface area (Å²) >= 11 is 1.38. The Balaban J connectivity index is 1.49. The van der Waals surface area contributed by atoms with E-state index in [9.17, 15) is 9.59 Å². The molecule has 164 valence electrons. The molecule has 1 aliphatic rings. The van der Waals surface area contributed by atoms with E-state index in [0.29, 0.717) is 16.9 Å². The van der Waals surface area contributed by atoms with E-state index in [1.54, 1.807) is 18.0 Å². The lowest BCUT2D eigenvalue weighted by Crippen LogP contribution is -2.42. The number of nitrogens with one attached hydrogen (secondary N) is 1. The molecule has 0 radical (unpaired) electrons. The number of benzene rings is 1. The van der Waals surface area contributed by atoms with E-state index in [0.717, 1.165) is 42.4 Å². The first kappa shape index (κ1) is 21.3. The molecule has 1 N–H and O–H groups in total. The third-order valence-electron chi connectivity index (χ3n) is 5.43. The third kappa shape index (κ3) is 4.71. The number of anilines is 1. The van der Waals surface area contributed by atoms with Crippen LogP contribution in [0.3, 0.4) is 0 Å². The maximum atomic E-state index is 13.0. The molecule has 1 fully saturated rings. The predicted molar refractivity (Wildman–Crippen MR) is 122 cm³/mol. The largest absolute Gasteiger partial charge is 0.497 e. The molecule has 0 aliphatic carbocycles. The van der Waals surface area contributed by atoms with Crippen LogP contribution in [0.4, 0.5) is 5.13 Å². The van der Waals surface area contributed by atoms with Crippen molar-refractivity contribution in [3.63, 3.8) is 0 Å². The number of amides is 1. The van der Waals surface area contributed by atoms with Crippen molar-refractivity contribution < 1.29 is 9.53 Å². The molecule has 31 heavy (non-hydrogen) atoms. The van der Waals surface area contributed by atoms with Crippen molar-refractivity contribution in [2.75, 3.05) is 25.1 Å². The standard InChI is InChI=1S/C22H27N5O3S/c1-14(2)24-20(28)16-7-9-26(10-8-16)22-25-19-18(31-22)21(29)27(13-23-19)12-15-5-4-6-17(11-15)30-3/h4-6,11,13-14,16H,7-10,12H2,1-3H3,(H,24,28). The first-order valence-corrected chi connectivity index (χ1v) is 11.3. The number of methoxy groups -OCH3 is 1. The summed E-state index contributed by atoms with van der Waals surface area (Å²) in [4.78, 5) is 36.4. The molecule has 8 nitrogen and oxygen atoms in total. The number of ether oxygens (including phenoxy) is 1. The van der Waals surface area contributed by atoms with Crippen molar-refractivity contribution in [3.05, 3.63) is 46.5 Å². The number of piperidine rings is 1. The Morgan fingerprint density at radius 3 is 2.81 bits per heavy atom. The zero-order valence-corrected chi connectivity index (χ0v) is 18.8. The van der Waals surface area contributed by atoms with Crippen molar-refractivity contribution >= 4 is 32.7 Å². The maximum absolute atomic E-state index is 13.0. The molecule has 0 unspecified atom stereocenters. The number of fused-ring (bicyclic) bond motifs is 1. The van der Waals surface area contributed by atoms with Crippen LogP contribution in [0.1, 0.15) is 32.3 Å². The van der Waals surface area contributed by atoms with Crippen LogP contribution in [-0.4, -0.2) is 46.7 Å². The molecular formula is C22H27N5O3S. The monoisotopic (exact) mass is 441 g/mol. The first-order valence-electron chi connectivity index (χ1n) is 10.5. The Bertz CT molecular complexity index is 1130. The molecule has 1 saturated heterocycles. The van der Waals surface area contributed by atoms with Crippen LogP contribution >= 0.6 is 11.3 Å². The molecule has 4 rings (SSSR count). The van der Waals surface area contributed by atoms with Gasteiger partial charge in [-0.25, -0.2) is 4.98 Å². The quantitative estimate of drug-likeness (QED) is 0.633. The average molecular weight is 442 g/mol. The van der Waals surface area contributed by atoms with Gasteiger partial charge in [-0.1, -0.05) is 23.5 Å². The summed E-state index contributed by atoms with van der Waals surface area (Å²) < 4.78 is 7.42. The van der Waals surface area contributed by atoms with Gasteiger partial charge in [-0.05, 0) is 44.4 Å². The SMILES string of the molecule is COc1cccc(Cn2cnc3nc(N4CCC(C(=O)NC(C)C)CC4)sc3c2=O)c1. The smallest absolute Gasteiger partial charge is 0.273 e. The molecule has 9 heteroatoms. The van der Waals surface area contributed by atoms with Crippen LogP contribution < -0.4 is 20.5 Å². The lowest BCUT2D eigenvalue weighted by Gasteiger charge is -2.31. The predicted octanol–water partition coefficient (Wildman–Crippen LogP) is 2.65. The Hall–Kier alpha value is -2.94. The fourth-order valence-electron chi connectivity index (χ4n) is 3.79. The molecule has 1 aromatic carbocycles. The van der Waals surface area contributed by atoms with E-state index >= 15 is 0 Å². The summed E-state index contributed by atoms with van der Waals surface area (Å²) in [5.74, 6) is 0.914. The average Bonchev–Trinajstić information content (AvgIpc) is 3.21. The van der Waals surface area contributed by atoms with Gasteiger partial charge in [0.15, 0.2) is 10.8 Å². The molecule has 3 heterocycles. The van der Waals surface area contributed by atoms with Gasteiger partial charge < -0.3 is 15.0 Å². The van der Waals surface area contributed by atoms with Crippen molar-refractivity contribution in [2.45, 2.75) is 39.3 Å². The molecule has 1 aliphatic heterocycles. The Kier molecular flexibility index (Phi) is 6.22.